The molecule has 0 radical (unpaired) electrons. The van der Waals surface area contributed by atoms with Gasteiger partial charge < -0.3 is 4.90 Å². The third kappa shape index (κ3) is 5.17. The second-order valence-electron chi connectivity index (χ2n) is 8.76. The zero-order chi connectivity index (χ0) is 20.2. The van der Waals surface area contributed by atoms with Crippen molar-refractivity contribution in [2.45, 2.75) is 71.3 Å². The van der Waals surface area contributed by atoms with Crippen LogP contribution >= 0.6 is 0 Å². The SMILES string of the molecule is C=C1C=C(C=CCCC)N=C(c2cnn(C(CC3CC3)CC3CC3)c2)N1C=CC. The Morgan fingerprint density at radius 2 is 1.93 bits per heavy atom. The second kappa shape index (κ2) is 8.98. The van der Waals surface area contributed by atoms with Gasteiger partial charge >= 0.3 is 0 Å². The molecule has 0 unspecified atom stereocenters. The second-order valence-corrected chi connectivity index (χ2v) is 8.76. The van der Waals surface area contributed by atoms with Gasteiger partial charge in [-0.25, -0.2) is 4.99 Å². The minimum atomic E-state index is 0.533. The zero-order valence-corrected chi connectivity index (χ0v) is 17.9. The molecule has 4 heteroatoms. The molecule has 0 saturated heterocycles. The van der Waals surface area contributed by atoms with Gasteiger partial charge in [0.05, 0.1) is 23.5 Å². The van der Waals surface area contributed by atoms with Gasteiger partial charge in [0.15, 0.2) is 0 Å². The molecule has 1 aromatic heterocycles. The molecule has 29 heavy (non-hydrogen) atoms. The van der Waals surface area contributed by atoms with Crippen LogP contribution in [0.1, 0.15) is 76.8 Å². The number of nitrogens with zero attached hydrogens (tertiary/aromatic N) is 4. The summed E-state index contributed by atoms with van der Waals surface area (Å²) in [7, 11) is 0. The van der Waals surface area contributed by atoms with Crippen LogP contribution in [0, 0.1) is 11.8 Å². The van der Waals surface area contributed by atoms with Crippen LogP contribution in [0.2, 0.25) is 0 Å². The lowest BCUT2D eigenvalue weighted by atomic mass is 10.0. The average molecular weight is 391 g/mol. The highest BCUT2D eigenvalue weighted by Crippen LogP contribution is 2.43. The summed E-state index contributed by atoms with van der Waals surface area (Å²) in [6.07, 6.45) is 24.9. The molecule has 0 bridgehead atoms. The van der Waals surface area contributed by atoms with Crippen molar-refractivity contribution in [3.63, 3.8) is 0 Å². The highest BCUT2D eigenvalue weighted by atomic mass is 15.3. The number of rotatable bonds is 10. The predicted octanol–water partition coefficient (Wildman–Crippen LogP) is 6.37. The van der Waals surface area contributed by atoms with E-state index in [-0.39, 0.29) is 0 Å². The van der Waals surface area contributed by atoms with Crippen LogP contribution in [0.3, 0.4) is 0 Å². The first-order chi connectivity index (χ1) is 14.2. The monoisotopic (exact) mass is 390 g/mol. The van der Waals surface area contributed by atoms with E-state index in [0.29, 0.717) is 6.04 Å². The molecule has 1 aromatic rings. The van der Waals surface area contributed by atoms with Crippen molar-refractivity contribution in [3.05, 3.63) is 66.4 Å². The van der Waals surface area contributed by atoms with Gasteiger partial charge in [-0.3, -0.25) is 4.68 Å². The Bertz CT molecular complexity index is 832. The van der Waals surface area contributed by atoms with Crippen LogP contribution in [-0.4, -0.2) is 20.5 Å². The molecular weight excluding hydrogens is 356 g/mol. The molecule has 3 aliphatic rings. The number of hydrogen-bond donors (Lipinski definition) is 0. The number of amidine groups is 1. The Kier molecular flexibility index (Phi) is 6.17. The van der Waals surface area contributed by atoms with Gasteiger partial charge in [0.25, 0.3) is 0 Å². The smallest absolute Gasteiger partial charge is 0.148 e. The van der Waals surface area contributed by atoms with Crippen LogP contribution in [0.15, 0.2) is 65.9 Å². The van der Waals surface area contributed by atoms with E-state index in [1.807, 2.05) is 31.5 Å². The first kappa shape index (κ1) is 19.9. The molecule has 0 atom stereocenters. The van der Waals surface area contributed by atoms with Gasteiger partial charge in [-0.05, 0) is 50.2 Å². The molecule has 1 aliphatic heterocycles. The van der Waals surface area contributed by atoms with Crippen LogP contribution in [0.25, 0.3) is 0 Å². The van der Waals surface area contributed by atoms with E-state index in [2.05, 4.69) is 41.4 Å². The first-order valence-electron chi connectivity index (χ1n) is 11.3. The summed E-state index contributed by atoms with van der Waals surface area (Å²) in [5.41, 5.74) is 2.96. The molecule has 2 heterocycles. The molecule has 0 spiro atoms. The van der Waals surface area contributed by atoms with Crippen molar-refractivity contribution in [2.24, 2.45) is 16.8 Å². The molecule has 0 N–H and O–H groups in total. The number of unbranched alkanes of at least 4 members (excludes halogenated alkanes) is 1. The van der Waals surface area contributed by atoms with Crippen molar-refractivity contribution in [1.82, 2.24) is 14.7 Å². The fourth-order valence-electron chi connectivity index (χ4n) is 4.00. The summed E-state index contributed by atoms with van der Waals surface area (Å²) in [6, 6.07) is 0.533. The van der Waals surface area contributed by atoms with E-state index in [9.17, 15) is 0 Å². The molecule has 0 amide bonds. The summed E-state index contributed by atoms with van der Waals surface area (Å²) in [5, 5.41) is 4.79. The molecule has 2 aliphatic carbocycles. The van der Waals surface area contributed by atoms with Gasteiger partial charge in [0.2, 0.25) is 0 Å². The molecule has 2 fully saturated rings. The van der Waals surface area contributed by atoms with Crippen LogP contribution < -0.4 is 0 Å². The predicted molar refractivity (Wildman–Crippen MR) is 120 cm³/mol. The summed E-state index contributed by atoms with van der Waals surface area (Å²) in [6.45, 7) is 8.48. The Hall–Kier alpha value is -2.36. The minimum absolute atomic E-state index is 0.533. The quantitative estimate of drug-likeness (QED) is 0.465. The topological polar surface area (TPSA) is 33.4 Å². The molecule has 0 aromatic carbocycles. The third-order valence-corrected chi connectivity index (χ3v) is 5.97. The van der Waals surface area contributed by atoms with E-state index >= 15 is 0 Å². The highest BCUT2D eigenvalue weighted by Gasteiger charge is 2.32. The van der Waals surface area contributed by atoms with E-state index in [1.54, 1.807) is 0 Å². The average Bonchev–Trinajstić information content (AvgIpc) is 3.64. The fraction of sp³-hybridized carbons (Fsp3) is 0.520. The van der Waals surface area contributed by atoms with E-state index in [0.717, 1.165) is 47.5 Å². The number of aromatic nitrogens is 2. The number of allylic oxidation sites excluding steroid dienone is 4. The summed E-state index contributed by atoms with van der Waals surface area (Å²) in [5.74, 6) is 2.74. The number of aliphatic imine (C=N–C) groups is 1. The van der Waals surface area contributed by atoms with Gasteiger partial charge in [0.1, 0.15) is 5.84 Å². The summed E-state index contributed by atoms with van der Waals surface area (Å²) < 4.78 is 2.22. The van der Waals surface area contributed by atoms with E-state index < -0.39 is 0 Å². The lowest BCUT2D eigenvalue weighted by Gasteiger charge is -2.26. The lowest BCUT2D eigenvalue weighted by molar-refractivity contribution is 0.363. The van der Waals surface area contributed by atoms with Crippen LogP contribution in [-0.2, 0) is 0 Å². The minimum Gasteiger partial charge on any atom is -0.302 e. The van der Waals surface area contributed by atoms with Gasteiger partial charge in [-0.2, -0.15) is 5.10 Å². The Balaban J connectivity index is 1.59. The Labute approximate surface area is 175 Å². The molecular formula is C25H34N4. The van der Waals surface area contributed by atoms with E-state index in [4.69, 9.17) is 10.1 Å². The maximum atomic E-state index is 4.95. The number of hydrogen-bond acceptors (Lipinski definition) is 3. The highest BCUT2D eigenvalue weighted by molar-refractivity contribution is 6.01. The van der Waals surface area contributed by atoms with Gasteiger partial charge in [0, 0.05) is 18.1 Å². The zero-order valence-electron chi connectivity index (χ0n) is 17.9. The lowest BCUT2D eigenvalue weighted by Crippen LogP contribution is -2.27. The van der Waals surface area contributed by atoms with Gasteiger partial charge in [-0.15, -0.1) is 0 Å². The van der Waals surface area contributed by atoms with Gasteiger partial charge in [-0.1, -0.05) is 57.8 Å². The fourth-order valence-corrected chi connectivity index (χ4v) is 4.00. The van der Waals surface area contributed by atoms with Crippen molar-refractivity contribution in [3.8, 4) is 0 Å². The molecule has 154 valence electrons. The molecule has 4 nitrogen and oxygen atoms in total. The van der Waals surface area contributed by atoms with Crippen molar-refractivity contribution in [1.29, 1.82) is 0 Å². The normalized spacial score (nSPS) is 20.2. The van der Waals surface area contributed by atoms with Crippen molar-refractivity contribution < 1.29 is 0 Å². The first-order valence-corrected chi connectivity index (χ1v) is 11.3. The summed E-state index contributed by atoms with van der Waals surface area (Å²) in [4.78, 5) is 7.01. The van der Waals surface area contributed by atoms with Crippen LogP contribution in [0.4, 0.5) is 0 Å². The Morgan fingerprint density at radius 1 is 1.21 bits per heavy atom. The molecule has 2 saturated carbocycles. The maximum Gasteiger partial charge on any atom is 0.148 e. The largest absolute Gasteiger partial charge is 0.302 e. The summed E-state index contributed by atoms with van der Waals surface area (Å²) >= 11 is 0. The van der Waals surface area contributed by atoms with Crippen LogP contribution in [0.5, 0.6) is 0 Å². The molecule has 4 rings (SSSR count). The van der Waals surface area contributed by atoms with Crippen molar-refractivity contribution in [2.75, 3.05) is 0 Å². The maximum absolute atomic E-state index is 4.95. The Morgan fingerprint density at radius 3 is 2.55 bits per heavy atom. The van der Waals surface area contributed by atoms with Crippen molar-refractivity contribution >= 4 is 5.84 Å². The third-order valence-electron chi connectivity index (χ3n) is 5.97. The standard InChI is InChI=1S/C25H34N4/c1-4-6-7-8-23-14-19(3)28(13-5-2)25(27-23)22-17-26-29(18-22)24(15-20-9-10-20)16-21-11-12-21/h5,7-8,13-14,17-18,20-21,24H,3-4,6,9-12,15-16H2,1-2H3. The van der Waals surface area contributed by atoms with E-state index in [1.165, 1.54) is 38.5 Å².